The lowest BCUT2D eigenvalue weighted by Crippen LogP contribution is -2.14. The number of amides is 1. The Morgan fingerprint density at radius 1 is 1.19 bits per heavy atom. The highest BCUT2D eigenvalue weighted by Crippen LogP contribution is 2.39. The molecule has 0 spiro atoms. The van der Waals surface area contributed by atoms with E-state index in [1.165, 1.54) is 11.3 Å². The fraction of sp³-hybridized carbons (Fsp3) is 0.333. The van der Waals surface area contributed by atoms with Gasteiger partial charge >= 0.3 is 5.97 Å². The summed E-state index contributed by atoms with van der Waals surface area (Å²) in [5.41, 5.74) is 1.71. The van der Waals surface area contributed by atoms with Crippen LogP contribution in [-0.2, 0) is 9.53 Å². The van der Waals surface area contributed by atoms with Crippen LogP contribution in [0.4, 0.5) is 5.00 Å². The van der Waals surface area contributed by atoms with Gasteiger partial charge in [0.1, 0.15) is 10.6 Å². The molecule has 2 aromatic rings. The van der Waals surface area contributed by atoms with Crippen molar-refractivity contribution in [1.29, 1.82) is 0 Å². The largest absolute Gasteiger partial charge is 0.493 e. The van der Waals surface area contributed by atoms with Gasteiger partial charge in [0, 0.05) is 23.2 Å². The van der Waals surface area contributed by atoms with Crippen LogP contribution in [0.1, 0.15) is 23.7 Å². The van der Waals surface area contributed by atoms with Crippen LogP contribution in [0.15, 0.2) is 23.6 Å². The van der Waals surface area contributed by atoms with Gasteiger partial charge in [-0.15, -0.1) is 22.9 Å². The number of hydrogen-bond acceptors (Lipinski definition) is 6. The molecule has 6 nitrogen and oxygen atoms in total. The maximum atomic E-state index is 12.5. The smallest absolute Gasteiger partial charge is 0.341 e. The number of carbonyl (C=O) groups is 2. The first-order valence-corrected chi connectivity index (χ1v) is 9.33. The molecule has 26 heavy (non-hydrogen) atoms. The summed E-state index contributed by atoms with van der Waals surface area (Å²) in [6.07, 6.45) is 0.160. The number of esters is 1. The first-order valence-electron chi connectivity index (χ1n) is 7.92. The van der Waals surface area contributed by atoms with Crippen molar-refractivity contribution in [2.24, 2.45) is 0 Å². The number of benzene rings is 1. The highest BCUT2D eigenvalue weighted by atomic mass is 35.5. The molecular weight excluding hydrogens is 378 g/mol. The van der Waals surface area contributed by atoms with Gasteiger partial charge in [-0.05, 0) is 24.6 Å². The molecule has 1 aromatic carbocycles. The molecule has 0 saturated carbocycles. The molecular formula is C18H20ClNO5S. The normalized spacial score (nSPS) is 10.3. The third kappa shape index (κ3) is 4.47. The summed E-state index contributed by atoms with van der Waals surface area (Å²) in [7, 11) is 3.09. The van der Waals surface area contributed by atoms with Crippen LogP contribution in [0.2, 0.25) is 0 Å². The summed E-state index contributed by atoms with van der Waals surface area (Å²) in [5, 5.41) is 4.96. The molecule has 140 valence electrons. The van der Waals surface area contributed by atoms with E-state index in [4.69, 9.17) is 25.8 Å². The number of hydrogen-bond donors (Lipinski definition) is 1. The minimum absolute atomic E-state index is 0.160. The Hall–Kier alpha value is -2.25. The Morgan fingerprint density at radius 2 is 1.92 bits per heavy atom. The van der Waals surface area contributed by atoms with Crippen molar-refractivity contribution < 1.29 is 23.8 Å². The molecule has 0 aliphatic heterocycles. The van der Waals surface area contributed by atoms with E-state index in [1.54, 1.807) is 38.7 Å². The molecule has 0 aliphatic rings. The molecule has 0 aliphatic carbocycles. The molecule has 1 heterocycles. The zero-order valence-corrected chi connectivity index (χ0v) is 16.3. The third-order valence-electron chi connectivity index (χ3n) is 3.54. The van der Waals surface area contributed by atoms with Crippen LogP contribution in [0.5, 0.6) is 11.5 Å². The minimum Gasteiger partial charge on any atom is -0.493 e. The number of alkyl halides is 1. The fourth-order valence-electron chi connectivity index (χ4n) is 2.35. The molecule has 1 amide bonds. The molecule has 0 fully saturated rings. The molecule has 1 N–H and O–H groups in total. The van der Waals surface area contributed by atoms with Gasteiger partial charge < -0.3 is 19.5 Å². The van der Waals surface area contributed by atoms with E-state index in [2.05, 4.69) is 5.32 Å². The van der Waals surface area contributed by atoms with Crippen LogP contribution < -0.4 is 14.8 Å². The quantitative estimate of drug-likeness (QED) is 0.534. The van der Waals surface area contributed by atoms with E-state index < -0.39 is 5.97 Å². The fourth-order valence-corrected chi connectivity index (χ4v) is 3.49. The number of nitrogens with one attached hydrogen (secondary N) is 1. The molecule has 8 heteroatoms. The summed E-state index contributed by atoms with van der Waals surface area (Å²) >= 11 is 6.86. The lowest BCUT2D eigenvalue weighted by molar-refractivity contribution is -0.115. The first kappa shape index (κ1) is 20.1. The number of ether oxygens (including phenoxy) is 3. The monoisotopic (exact) mass is 397 g/mol. The van der Waals surface area contributed by atoms with Gasteiger partial charge in [-0.2, -0.15) is 0 Å². The standard InChI is InChI=1S/C18H20ClNO5S/c1-4-25-18(22)16-12(10-26-17(16)20-15(21)7-8-19)11-5-6-13(23-2)14(9-11)24-3/h5-6,9-10H,4,7-8H2,1-3H3,(H,20,21). The predicted octanol–water partition coefficient (Wildman–Crippen LogP) is 4.18. The molecule has 0 bridgehead atoms. The second-order valence-corrected chi connectivity index (χ2v) is 6.39. The van der Waals surface area contributed by atoms with E-state index in [-0.39, 0.29) is 24.8 Å². The Labute approximate surface area is 161 Å². The topological polar surface area (TPSA) is 73.9 Å². The second kappa shape index (κ2) is 9.45. The van der Waals surface area contributed by atoms with Crippen molar-refractivity contribution in [3.63, 3.8) is 0 Å². The average Bonchev–Trinajstić information content (AvgIpc) is 3.05. The number of carbonyl (C=O) groups excluding carboxylic acids is 2. The Kier molecular flexibility index (Phi) is 7.29. The summed E-state index contributed by atoms with van der Waals surface area (Å²) in [6, 6.07) is 5.34. The Bertz CT molecular complexity index is 790. The molecule has 0 radical (unpaired) electrons. The van der Waals surface area contributed by atoms with Crippen LogP contribution in [0.25, 0.3) is 11.1 Å². The van der Waals surface area contributed by atoms with Gasteiger partial charge in [-0.25, -0.2) is 4.79 Å². The Morgan fingerprint density at radius 3 is 2.54 bits per heavy atom. The maximum Gasteiger partial charge on any atom is 0.341 e. The van der Waals surface area contributed by atoms with E-state index in [0.29, 0.717) is 27.6 Å². The zero-order valence-electron chi connectivity index (χ0n) is 14.8. The summed E-state index contributed by atoms with van der Waals surface area (Å²) in [5.74, 6) is 0.568. The molecule has 2 rings (SSSR count). The number of halogens is 1. The highest BCUT2D eigenvalue weighted by Gasteiger charge is 2.23. The predicted molar refractivity (Wildman–Crippen MR) is 103 cm³/mol. The van der Waals surface area contributed by atoms with Crippen molar-refractivity contribution in [3.8, 4) is 22.6 Å². The minimum atomic E-state index is -0.500. The molecule has 0 saturated heterocycles. The number of anilines is 1. The van der Waals surface area contributed by atoms with Gasteiger partial charge in [-0.3, -0.25) is 4.79 Å². The average molecular weight is 398 g/mol. The van der Waals surface area contributed by atoms with Gasteiger partial charge in [0.25, 0.3) is 0 Å². The number of methoxy groups -OCH3 is 2. The summed E-state index contributed by atoms with van der Waals surface area (Å²) < 4.78 is 15.7. The van der Waals surface area contributed by atoms with Gasteiger partial charge in [-0.1, -0.05) is 6.07 Å². The zero-order chi connectivity index (χ0) is 19.1. The highest BCUT2D eigenvalue weighted by molar-refractivity contribution is 7.15. The lowest BCUT2D eigenvalue weighted by atomic mass is 10.0. The van der Waals surface area contributed by atoms with E-state index in [9.17, 15) is 9.59 Å². The van der Waals surface area contributed by atoms with E-state index in [1.807, 2.05) is 6.07 Å². The van der Waals surface area contributed by atoms with E-state index >= 15 is 0 Å². The van der Waals surface area contributed by atoms with Crippen molar-refractivity contribution in [1.82, 2.24) is 0 Å². The maximum absolute atomic E-state index is 12.5. The second-order valence-electron chi connectivity index (χ2n) is 5.13. The SMILES string of the molecule is CCOC(=O)c1c(-c2ccc(OC)c(OC)c2)csc1NC(=O)CCCl. The number of rotatable bonds is 8. The van der Waals surface area contributed by atoms with Crippen molar-refractivity contribution in [2.45, 2.75) is 13.3 Å². The van der Waals surface area contributed by atoms with E-state index in [0.717, 1.165) is 5.56 Å². The van der Waals surface area contributed by atoms with Crippen LogP contribution >= 0.6 is 22.9 Å². The van der Waals surface area contributed by atoms with Crippen molar-refractivity contribution in [2.75, 3.05) is 32.0 Å². The van der Waals surface area contributed by atoms with Gasteiger partial charge in [0.15, 0.2) is 11.5 Å². The number of thiophene rings is 1. The van der Waals surface area contributed by atoms with Gasteiger partial charge in [0.2, 0.25) is 5.91 Å². The van der Waals surface area contributed by atoms with Crippen molar-refractivity contribution >= 4 is 39.8 Å². The first-order chi connectivity index (χ1) is 12.5. The van der Waals surface area contributed by atoms with Crippen LogP contribution in [-0.4, -0.2) is 38.6 Å². The summed E-state index contributed by atoms with van der Waals surface area (Å²) in [4.78, 5) is 24.4. The molecule has 0 unspecified atom stereocenters. The lowest BCUT2D eigenvalue weighted by Gasteiger charge is -2.11. The summed E-state index contributed by atoms with van der Waals surface area (Å²) in [6.45, 7) is 1.96. The van der Waals surface area contributed by atoms with Crippen molar-refractivity contribution in [3.05, 3.63) is 29.1 Å². The Balaban J connectivity index is 2.49. The van der Waals surface area contributed by atoms with Gasteiger partial charge in [0.05, 0.1) is 20.8 Å². The molecule has 0 atom stereocenters. The molecule has 1 aromatic heterocycles. The van der Waals surface area contributed by atoms with Crippen LogP contribution in [0.3, 0.4) is 0 Å². The third-order valence-corrected chi connectivity index (χ3v) is 4.62. The van der Waals surface area contributed by atoms with Crippen LogP contribution in [0, 0.1) is 0 Å².